The van der Waals surface area contributed by atoms with Crippen LogP contribution in [-0.4, -0.2) is 25.2 Å². The van der Waals surface area contributed by atoms with Gasteiger partial charge >= 0.3 is 5.97 Å². The number of carbonyl (C=O) groups is 1. The van der Waals surface area contributed by atoms with Crippen LogP contribution in [0.15, 0.2) is 10.2 Å². The van der Waals surface area contributed by atoms with Gasteiger partial charge in [0.05, 0.1) is 19.1 Å². The maximum Gasteiger partial charge on any atom is 0.306 e. The molecule has 0 aliphatic heterocycles. The van der Waals surface area contributed by atoms with E-state index >= 15 is 0 Å². The molecule has 0 radical (unpaired) electrons. The van der Waals surface area contributed by atoms with Gasteiger partial charge in [0.1, 0.15) is 0 Å². The van der Waals surface area contributed by atoms with Gasteiger partial charge in [0, 0.05) is 16.4 Å². The summed E-state index contributed by atoms with van der Waals surface area (Å²) in [5, 5.41) is 6.51. The van der Waals surface area contributed by atoms with Crippen LogP contribution in [0.5, 0.6) is 0 Å². The number of rotatable bonds is 6. The monoisotopic (exact) mass is 198 g/mol. The van der Waals surface area contributed by atoms with Gasteiger partial charge in [-0.3, -0.25) is 4.79 Å². The zero-order chi connectivity index (χ0) is 10.8. The molecular weight excluding hydrogens is 188 g/mol. The molecule has 0 N–H and O–H groups in total. The molecule has 1 unspecified atom stereocenters. The third kappa shape index (κ3) is 5.70. The second-order valence-corrected chi connectivity index (χ2v) is 2.28. The Balaban J connectivity index is 4.14. The molecule has 0 bridgehead atoms. The number of nitrogens with zero attached hydrogens (tertiary/aromatic N) is 6. The van der Waals surface area contributed by atoms with E-state index < -0.39 is 12.0 Å². The zero-order valence-corrected chi connectivity index (χ0v) is 7.70. The van der Waals surface area contributed by atoms with Crippen molar-refractivity contribution >= 4 is 5.97 Å². The molecule has 14 heavy (non-hydrogen) atoms. The zero-order valence-electron chi connectivity index (χ0n) is 7.70. The third-order valence-corrected chi connectivity index (χ3v) is 1.28. The molecule has 1 atom stereocenters. The minimum absolute atomic E-state index is 0.0423. The van der Waals surface area contributed by atoms with Gasteiger partial charge in [-0.2, -0.15) is 0 Å². The largest absolute Gasteiger partial charge is 0.466 e. The van der Waals surface area contributed by atoms with Crippen molar-refractivity contribution in [2.75, 3.05) is 13.2 Å². The first kappa shape index (κ1) is 12.1. The van der Waals surface area contributed by atoms with Crippen LogP contribution >= 0.6 is 0 Å². The molecule has 0 aromatic heterocycles. The lowest BCUT2D eigenvalue weighted by Gasteiger charge is -2.06. The molecule has 8 nitrogen and oxygen atoms in total. The van der Waals surface area contributed by atoms with E-state index in [-0.39, 0.29) is 19.6 Å². The van der Waals surface area contributed by atoms with Gasteiger partial charge in [0.15, 0.2) is 0 Å². The fourth-order valence-electron chi connectivity index (χ4n) is 0.758. The Morgan fingerprint density at radius 1 is 1.50 bits per heavy atom. The van der Waals surface area contributed by atoms with Gasteiger partial charge < -0.3 is 4.74 Å². The molecule has 0 aromatic rings. The minimum Gasteiger partial charge on any atom is -0.466 e. The van der Waals surface area contributed by atoms with Crippen LogP contribution in [0, 0.1) is 0 Å². The van der Waals surface area contributed by atoms with Gasteiger partial charge in [-0.25, -0.2) is 0 Å². The van der Waals surface area contributed by atoms with Crippen LogP contribution in [0.25, 0.3) is 20.9 Å². The summed E-state index contributed by atoms with van der Waals surface area (Å²) in [7, 11) is 0. The van der Waals surface area contributed by atoms with Crippen molar-refractivity contribution < 1.29 is 9.53 Å². The molecule has 0 aliphatic rings. The molecule has 0 aromatic carbocycles. The quantitative estimate of drug-likeness (QED) is 0.280. The molecule has 0 spiro atoms. The molecule has 8 heteroatoms. The molecule has 0 aliphatic carbocycles. The maximum atomic E-state index is 11.0. The average molecular weight is 198 g/mol. The number of carbonyl (C=O) groups excluding carboxylic acids is 1. The lowest BCUT2D eigenvalue weighted by molar-refractivity contribution is -0.143. The Morgan fingerprint density at radius 2 is 2.21 bits per heavy atom. The van der Waals surface area contributed by atoms with Gasteiger partial charge in [0.25, 0.3) is 0 Å². The first-order chi connectivity index (χ1) is 6.74. The standard InChI is InChI=1S/C6H10N6O2/c1-2-14-6(13)3-5(10-12-8)4-9-11-7/h5H,2-4H2,1H3. The first-order valence-corrected chi connectivity index (χ1v) is 3.95. The van der Waals surface area contributed by atoms with Crippen LogP contribution in [0.4, 0.5) is 0 Å². The fraction of sp³-hybridized carbons (Fsp3) is 0.833. The first-order valence-electron chi connectivity index (χ1n) is 3.95. The number of hydrogen-bond acceptors (Lipinski definition) is 4. The second kappa shape index (κ2) is 7.72. The van der Waals surface area contributed by atoms with E-state index in [0.29, 0.717) is 0 Å². The molecular formula is C6H10N6O2. The second-order valence-electron chi connectivity index (χ2n) is 2.28. The van der Waals surface area contributed by atoms with Crippen LogP contribution in [0.2, 0.25) is 0 Å². The SMILES string of the molecule is CCOC(=O)CC(CN=[N+]=[N-])N=[N+]=[N-]. The molecule has 76 valence electrons. The van der Waals surface area contributed by atoms with Crippen molar-refractivity contribution in [2.45, 2.75) is 19.4 Å². The highest BCUT2D eigenvalue weighted by atomic mass is 16.5. The summed E-state index contributed by atoms with van der Waals surface area (Å²) in [6.07, 6.45) is -0.0725. The van der Waals surface area contributed by atoms with Crippen molar-refractivity contribution in [1.29, 1.82) is 0 Å². The lowest BCUT2D eigenvalue weighted by Crippen LogP contribution is -2.16. The fourth-order valence-corrected chi connectivity index (χ4v) is 0.758. The molecule has 0 rings (SSSR count). The predicted molar refractivity (Wildman–Crippen MR) is 48.2 cm³/mol. The summed E-state index contributed by atoms with van der Waals surface area (Å²) in [5.74, 6) is -0.474. The summed E-state index contributed by atoms with van der Waals surface area (Å²) >= 11 is 0. The summed E-state index contributed by atoms with van der Waals surface area (Å²) in [5.41, 5.74) is 16.2. The van der Waals surface area contributed by atoms with E-state index in [0.717, 1.165) is 0 Å². The van der Waals surface area contributed by atoms with Gasteiger partial charge in [-0.1, -0.05) is 10.2 Å². The topological polar surface area (TPSA) is 124 Å². The lowest BCUT2D eigenvalue weighted by atomic mass is 10.2. The number of azide groups is 2. The molecule has 0 saturated carbocycles. The Morgan fingerprint density at radius 3 is 2.71 bits per heavy atom. The van der Waals surface area contributed by atoms with Crippen molar-refractivity contribution in [3.8, 4) is 0 Å². The number of ether oxygens (including phenoxy) is 1. The van der Waals surface area contributed by atoms with E-state index in [4.69, 9.17) is 11.1 Å². The van der Waals surface area contributed by atoms with Crippen LogP contribution in [-0.2, 0) is 9.53 Å². The summed E-state index contributed by atoms with van der Waals surface area (Å²) < 4.78 is 4.64. The Bertz CT molecular complexity index is 278. The van der Waals surface area contributed by atoms with E-state index in [1.54, 1.807) is 6.92 Å². The highest BCUT2D eigenvalue weighted by Crippen LogP contribution is 2.01. The molecule has 0 saturated heterocycles. The minimum atomic E-state index is -0.671. The summed E-state index contributed by atoms with van der Waals surface area (Å²) in [6, 6.07) is -0.671. The van der Waals surface area contributed by atoms with E-state index in [1.807, 2.05) is 0 Å². The molecule has 0 fully saturated rings. The van der Waals surface area contributed by atoms with Crippen molar-refractivity contribution in [3.63, 3.8) is 0 Å². The highest BCUT2D eigenvalue weighted by molar-refractivity contribution is 5.70. The number of esters is 1. The van der Waals surface area contributed by atoms with Crippen LogP contribution < -0.4 is 0 Å². The van der Waals surface area contributed by atoms with Gasteiger partial charge in [0.2, 0.25) is 0 Å². The van der Waals surface area contributed by atoms with Crippen LogP contribution in [0.3, 0.4) is 0 Å². The molecule has 0 heterocycles. The summed E-state index contributed by atoms with van der Waals surface area (Å²) in [4.78, 5) is 16.0. The Hall–Kier alpha value is -1.91. The Kier molecular flexibility index (Phi) is 6.67. The number of hydrogen-bond donors (Lipinski definition) is 0. The average Bonchev–Trinajstić information content (AvgIpc) is 2.15. The smallest absolute Gasteiger partial charge is 0.306 e. The predicted octanol–water partition coefficient (Wildman–Crippen LogP) is 1.93. The van der Waals surface area contributed by atoms with E-state index in [9.17, 15) is 4.79 Å². The van der Waals surface area contributed by atoms with Gasteiger partial charge in [-0.05, 0) is 18.0 Å². The highest BCUT2D eigenvalue weighted by Gasteiger charge is 2.11. The maximum absolute atomic E-state index is 11.0. The van der Waals surface area contributed by atoms with Crippen molar-refractivity contribution in [2.24, 2.45) is 10.2 Å². The van der Waals surface area contributed by atoms with E-state index in [2.05, 4.69) is 24.8 Å². The Labute approximate surface area is 80.1 Å². The van der Waals surface area contributed by atoms with Crippen molar-refractivity contribution in [1.82, 2.24) is 0 Å². The van der Waals surface area contributed by atoms with Crippen LogP contribution in [0.1, 0.15) is 13.3 Å². The normalized spacial score (nSPS) is 10.6. The van der Waals surface area contributed by atoms with E-state index in [1.165, 1.54) is 0 Å². The molecule has 0 amide bonds. The summed E-state index contributed by atoms with van der Waals surface area (Å²) in [6.45, 7) is 1.90. The third-order valence-electron chi connectivity index (χ3n) is 1.28. The van der Waals surface area contributed by atoms with Gasteiger partial charge in [-0.15, -0.1) is 0 Å². The van der Waals surface area contributed by atoms with Crippen molar-refractivity contribution in [3.05, 3.63) is 20.9 Å².